The zero-order valence-corrected chi connectivity index (χ0v) is 18.3. The number of nitrogens with one attached hydrogen (secondary N) is 1. The first-order valence-electron chi connectivity index (χ1n) is 9.93. The summed E-state index contributed by atoms with van der Waals surface area (Å²) in [6, 6.07) is 21.0. The van der Waals surface area contributed by atoms with E-state index < -0.39 is 14.9 Å². The smallest absolute Gasteiger partial charge is 0.270 e. The lowest BCUT2D eigenvalue weighted by Crippen LogP contribution is -2.29. The highest BCUT2D eigenvalue weighted by Gasteiger charge is 2.22. The maximum absolute atomic E-state index is 13.0. The number of sulfonamides is 1. The van der Waals surface area contributed by atoms with E-state index >= 15 is 0 Å². The lowest BCUT2D eigenvalue weighted by Gasteiger charge is -2.19. The first-order chi connectivity index (χ1) is 15.3. The molecule has 166 valence electrons. The largest absolute Gasteiger partial charge is 0.342 e. The van der Waals surface area contributed by atoms with E-state index in [9.17, 15) is 23.3 Å². The summed E-state index contributed by atoms with van der Waals surface area (Å²) in [6.45, 7) is 0.500. The van der Waals surface area contributed by atoms with E-state index in [-0.39, 0.29) is 27.7 Å². The van der Waals surface area contributed by atoms with Gasteiger partial charge in [0.05, 0.1) is 21.1 Å². The molecule has 0 saturated heterocycles. The Labute approximate surface area is 186 Å². The standard InChI is InChI=1S/C23H23N3O5S/c1-25(16-8-11-18-9-3-2-4-10-18)23(27)21-14-5-6-15-22(21)24-32(30,31)20-13-7-12-19(17-20)26(28)29/h2-7,9-10,12-15,17,24H,8,11,16H2,1H3. The predicted octanol–water partition coefficient (Wildman–Crippen LogP) is 4.10. The number of rotatable bonds is 9. The van der Waals surface area contributed by atoms with Crippen molar-refractivity contribution < 1.29 is 18.1 Å². The number of amides is 1. The van der Waals surface area contributed by atoms with Crippen LogP contribution in [0.4, 0.5) is 11.4 Å². The number of hydrogen-bond donors (Lipinski definition) is 1. The Balaban J connectivity index is 1.74. The molecule has 0 radical (unpaired) electrons. The number of carbonyl (C=O) groups excluding carboxylic acids is 1. The van der Waals surface area contributed by atoms with E-state index in [2.05, 4.69) is 4.72 Å². The van der Waals surface area contributed by atoms with Crippen LogP contribution in [0.5, 0.6) is 0 Å². The molecule has 0 spiro atoms. The average Bonchev–Trinajstić information content (AvgIpc) is 2.79. The first-order valence-corrected chi connectivity index (χ1v) is 11.4. The van der Waals surface area contributed by atoms with Gasteiger partial charge in [-0.2, -0.15) is 0 Å². The number of non-ortho nitro benzene ring substituents is 1. The Bertz CT molecular complexity index is 1210. The van der Waals surface area contributed by atoms with E-state index in [1.807, 2.05) is 30.3 Å². The summed E-state index contributed by atoms with van der Waals surface area (Å²) in [7, 11) is -2.46. The summed E-state index contributed by atoms with van der Waals surface area (Å²) in [4.78, 5) is 24.6. The van der Waals surface area contributed by atoms with Gasteiger partial charge in [0.15, 0.2) is 0 Å². The van der Waals surface area contributed by atoms with Gasteiger partial charge < -0.3 is 4.90 Å². The van der Waals surface area contributed by atoms with E-state index in [1.54, 1.807) is 30.1 Å². The molecule has 1 N–H and O–H groups in total. The van der Waals surface area contributed by atoms with E-state index in [4.69, 9.17) is 0 Å². The highest BCUT2D eigenvalue weighted by atomic mass is 32.2. The summed E-state index contributed by atoms with van der Waals surface area (Å²) in [5.74, 6) is -0.324. The van der Waals surface area contributed by atoms with Gasteiger partial charge in [-0.15, -0.1) is 0 Å². The maximum atomic E-state index is 13.0. The number of nitro benzene ring substituents is 1. The monoisotopic (exact) mass is 453 g/mol. The van der Waals surface area contributed by atoms with E-state index in [0.717, 1.165) is 18.9 Å². The summed E-state index contributed by atoms with van der Waals surface area (Å²) in [6.07, 6.45) is 1.58. The molecule has 0 bridgehead atoms. The van der Waals surface area contributed by atoms with Crippen molar-refractivity contribution in [3.8, 4) is 0 Å². The van der Waals surface area contributed by atoms with Crippen LogP contribution in [-0.2, 0) is 16.4 Å². The first kappa shape index (κ1) is 23.0. The van der Waals surface area contributed by atoms with Crippen LogP contribution in [0.15, 0.2) is 83.8 Å². The minimum absolute atomic E-state index is 0.110. The molecule has 0 aliphatic carbocycles. The van der Waals surface area contributed by atoms with Gasteiger partial charge in [0.25, 0.3) is 21.6 Å². The Morgan fingerprint density at radius 1 is 1.00 bits per heavy atom. The van der Waals surface area contributed by atoms with Crippen molar-refractivity contribution in [2.24, 2.45) is 0 Å². The minimum atomic E-state index is -4.13. The van der Waals surface area contributed by atoms with Crippen molar-refractivity contribution in [3.05, 3.63) is 100 Å². The summed E-state index contributed by atoms with van der Waals surface area (Å²) < 4.78 is 28.0. The van der Waals surface area contributed by atoms with Gasteiger partial charge in [-0.25, -0.2) is 8.42 Å². The molecular weight excluding hydrogens is 430 g/mol. The van der Waals surface area contributed by atoms with Crippen molar-refractivity contribution in [3.63, 3.8) is 0 Å². The second kappa shape index (κ2) is 10.1. The van der Waals surface area contributed by atoms with Crippen molar-refractivity contribution in [2.45, 2.75) is 17.7 Å². The number of para-hydroxylation sites is 1. The SMILES string of the molecule is CN(CCCc1ccccc1)C(=O)c1ccccc1NS(=O)(=O)c1cccc([N+](=O)[O-])c1. The van der Waals surface area contributed by atoms with Gasteiger partial charge in [0.1, 0.15) is 0 Å². The number of nitrogens with zero attached hydrogens (tertiary/aromatic N) is 2. The molecule has 9 heteroatoms. The molecule has 0 aromatic heterocycles. The Hall–Kier alpha value is -3.72. The molecule has 32 heavy (non-hydrogen) atoms. The molecular formula is C23H23N3O5S. The van der Waals surface area contributed by atoms with E-state index in [1.165, 1.54) is 29.8 Å². The van der Waals surface area contributed by atoms with Crippen LogP contribution in [-0.4, -0.2) is 37.7 Å². The zero-order valence-electron chi connectivity index (χ0n) is 17.5. The molecule has 8 nitrogen and oxygen atoms in total. The van der Waals surface area contributed by atoms with Gasteiger partial charge >= 0.3 is 0 Å². The van der Waals surface area contributed by atoms with Crippen LogP contribution < -0.4 is 4.72 Å². The fourth-order valence-corrected chi connectivity index (χ4v) is 4.32. The Morgan fingerprint density at radius 2 is 1.69 bits per heavy atom. The second-order valence-corrected chi connectivity index (χ2v) is 8.90. The van der Waals surface area contributed by atoms with Crippen LogP contribution >= 0.6 is 0 Å². The molecule has 3 aromatic carbocycles. The lowest BCUT2D eigenvalue weighted by atomic mass is 10.1. The number of benzene rings is 3. The Morgan fingerprint density at radius 3 is 2.41 bits per heavy atom. The minimum Gasteiger partial charge on any atom is -0.342 e. The van der Waals surface area contributed by atoms with Gasteiger partial charge in [-0.3, -0.25) is 19.6 Å². The Kier molecular flexibility index (Phi) is 7.21. The van der Waals surface area contributed by atoms with Crippen LogP contribution in [0.2, 0.25) is 0 Å². The topological polar surface area (TPSA) is 110 Å². The van der Waals surface area contributed by atoms with Crippen molar-refractivity contribution in [2.75, 3.05) is 18.3 Å². The fraction of sp³-hybridized carbons (Fsp3) is 0.174. The molecule has 0 aliphatic heterocycles. The maximum Gasteiger partial charge on any atom is 0.270 e. The predicted molar refractivity (Wildman–Crippen MR) is 122 cm³/mol. The third-order valence-electron chi connectivity index (χ3n) is 4.89. The van der Waals surface area contributed by atoms with Crippen molar-refractivity contribution in [1.82, 2.24) is 4.90 Å². The number of hydrogen-bond acceptors (Lipinski definition) is 5. The molecule has 3 rings (SSSR count). The molecule has 0 unspecified atom stereocenters. The number of carbonyl (C=O) groups is 1. The molecule has 0 fully saturated rings. The highest BCUT2D eigenvalue weighted by molar-refractivity contribution is 7.92. The van der Waals surface area contributed by atoms with Crippen LogP contribution in [0, 0.1) is 10.1 Å². The molecule has 3 aromatic rings. The number of nitro groups is 1. The third kappa shape index (κ3) is 5.70. The van der Waals surface area contributed by atoms with Crippen molar-refractivity contribution in [1.29, 1.82) is 0 Å². The van der Waals surface area contributed by atoms with Gasteiger partial charge in [-0.1, -0.05) is 48.5 Å². The number of aryl methyl sites for hydroxylation is 1. The summed E-state index contributed by atoms with van der Waals surface area (Å²) in [5, 5.41) is 11.0. The van der Waals surface area contributed by atoms with Crippen LogP contribution in [0.25, 0.3) is 0 Å². The molecule has 0 saturated carbocycles. The third-order valence-corrected chi connectivity index (χ3v) is 6.25. The molecule has 0 aliphatic rings. The zero-order chi connectivity index (χ0) is 23.1. The van der Waals surface area contributed by atoms with E-state index in [0.29, 0.717) is 6.54 Å². The van der Waals surface area contributed by atoms with Crippen molar-refractivity contribution >= 4 is 27.3 Å². The fourth-order valence-electron chi connectivity index (χ4n) is 3.20. The quantitative estimate of drug-likeness (QED) is 0.387. The van der Waals surface area contributed by atoms with Gasteiger partial charge in [0, 0.05) is 25.7 Å². The molecule has 1 amide bonds. The van der Waals surface area contributed by atoms with Gasteiger partial charge in [0.2, 0.25) is 0 Å². The molecule has 0 heterocycles. The van der Waals surface area contributed by atoms with Crippen LogP contribution in [0.1, 0.15) is 22.3 Å². The lowest BCUT2D eigenvalue weighted by molar-refractivity contribution is -0.385. The second-order valence-electron chi connectivity index (χ2n) is 7.22. The summed E-state index contributed by atoms with van der Waals surface area (Å²) in [5.41, 5.74) is 1.15. The average molecular weight is 454 g/mol. The molecule has 0 atom stereocenters. The highest BCUT2D eigenvalue weighted by Crippen LogP contribution is 2.23. The van der Waals surface area contributed by atoms with Gasteiger partial charge in [-0.05, 0) is 36.6 Å². The van der Waals surface area contributed by atoms with Crippen LogP contribution in [0.3, 0.4) is 0 Å². The normalized spacial score (nSPS) is 11.0. The number of anilines is 1. The summed E-state index contributed by atoms with van der Waals surface area (Å²) >= 11 is 0.